The van der Waals surface area contributed by atoms with Gasteiger partial charge in [0.2, 0.25) is 0 Å². The van der Waals surface area contributed by atoms with Crippen molar-refractivity contribution in [2.24, 2.45) is 0 Å². The van der Waals surface area contributed by atoms with Crippen molar-refractivity contribution in [1.29, 1.82) is 0 Å². The molecular weight excluding hydrogens is 179 g/mol. The molecule has 0 radical (unpaired) electrons. The molecule has 0 atom stereocenters. The van der Waals surface area contributed by atoms with Crippen molar-refractivity contribution in [2.75, 3.05) is 47.9 Å². The molecule has 0 rings (SSSR count). The molecule has 0 amide bonds. The van der Waals surface area contributed by atoms with E-state index in [9.17, 15) is 4.79 Å². The summed E-state index contributed by atoms with van der Waals surface area (Å²) in [4.78, 5) is 10.8. The van der Waals surface area contributed by atoms with Crippen molar-refractivity contribution in [3.8, 4) is 0 Å². The fraction of sp³-hybridized carbons (Fsp3) is 0.875. The zero-order valence-electron chi connectivity index (χ0n) is 9.39. The number of esters is 1. The molecule has 0 aliphatic rings. The van der Waals surface area contributed by atoms with Crippen LogP contribution >= 0.6 is 0 Å². The molecular formula is C8H19N2NaO2+2. The van der Waals surface area contributed by atoms with Crippen molar-refractivity contribution in [2.45, 2.75) is 0 Å². The number of ether oxygens (including phenoxy) is 1. The van der Waals surface area contributed by atoms with Crippen molar-refractivity contribution in [3.63, 3.8) is 0 Å². The van der Waals surface area contributed by atoms with E-state index in [-0.39, 0.29) is 42.1 Å². The van der Waals surface area contributed by atoms with Crippen LogP contribution in [0.25, 0.3) is 0 Å². The third kappa shape index (κ3) is 12.4. The Morgan fingerprint density at radius 3 is 2.31 bits per heavy atom. The third-order valence-corrected chi connectivity index (χ3v) is 1.35. The van der Waals surface area contributed by atoms with E-state index in [4.69, 9.17) is 4.74 Å². The zero-order chi connectivity index (χ0) is 9.61. The fourth-order valence-electron chi connectivity index (χ4n) is 0.629. The van der Waals surface area contributed by atoms with Crippen molar-refractivity contribution in [1.82, 2.24) is 5.32 Å². The van der Waals surface area contributed by atoms with Gasteiger partial charge in [0.25, 0.3) is 0 Å². The van der Waals surface area contributed by atoms with Crippen molar-refractivity contribution < 1.29 is 43.6 Å². The molecule has 0 fully saturated rings. The Morgan fingerprint density at radius 1 is 1.38 bits per heavy atom. The number of nitrogens with one attached hydrogen (secondary N) is 1. The Morgan fingerprint density at radius 2 is 1.92 bits per heavy atom. The fourth-order valence-corrected chi connectivity index (χ4v) is 0.629. The summed E-state index contributed by atoms with van der Waals surface area (Å²) in [6, 6.07) is 0. The molecule has 13 heavy (non-hydrogen) atoms. The normalized spacial score (nSPS) is 10.5. The largest absolute Gasteiger partial charge is 1.00 e. The SMILES string of the molecule is CNCC(=O)OCC[N+](C)(C)C.[Na+]. The Kier molecular flexibility index (Phi) is 9.46. The molecule has 0 aliphatic carbocycles. The molecule has 0 heterocycles. The van der Waals surface area contributed by atoms with Gasteiger partial charge in [-0.3, -0.25) is 4.79 Å². The molecule has 0 unspecified atom stereocenters. The number of quaternary nitrogens is 1. The maximum atomic E-state index is 10.8. The number of rotatable bonds is 5. The summed E-state index contributed by atoms with van der Waals surface area (Å²) in [5.41, 5.74) is 0. The first-order valence-electron chi connectivity index (χ1n) is 4.06. The Labute approximate surface area is 103 Å². The first-order chi connectivity index (χ1) is 5.45. The second kappa shape index (κ2) is 7.76. The number of hydrogen-bond donors (Lipinski definition) is 1. The van der Waals surface area contributed by atoms with Gasteiger partial charge in [-0.1, -0.05) is 0 Å². The van der Waals surface area contributed by atoms with Crippen LogP contribution in [0.1, 0.15) is 0 Å². The van der Waals surface area contributed by atoms with Crippen molar-refractivity contribution >= 4 is 5.97 Å². The van der Waals surface area contributed by atoms with E-state index in [1.807, 2.05) is 0 Å². The van der Waals surface area contributed by atoms with Gasteiger partial charge >= 0.3 is 35.5 Å². The molecule has 0 spiro atoms. The predicted octanol–water partition coefficient (Wildman–Crippen LogP) is -3.54. The summed E-state index contributed by atoms with van der Waals surface area (Å²) in [6.07, 6.45) is 0. The Balaban J connectivity index is 0. The van der Waals surface area contributed by atoms with Crippen LogP contribution in [-0.2, 0) is 9.53 Å². The minimum Gasteiger partial charge on any atom is -0.459 e. The summed E-state index contributed by atoms with van der Waals surface area (Å²) in [5.74, 6) is -0.189. The number of likely N-dealkylation sites (N-methyl/N-ethyl adjacent to an activating group) is 2. The van der Waals surface area contributed by atoms with Gasteiger partial charge in [-0.05, 0) is 7.05 Å². The van der Waals surface area contributed by atoms with E-state index in [0.717, 1.165) is 11.0 Å². The molecule has 1 N–H and O–H groups in total. The number of nitrogens with zero attached hydrogens (tertiary/aromatic N) is 1. The van der Waals surface area contributed by atoms with Crippen LogP contribution in [0.4, 0.5) is 0 Å². The summed E-state index contributed by atoms with van der Waals surface area (Å²) < 4.78 is 5.75. The predicted molar refractivity (Wildman–Crippen MR) is 47.8 cm³/mol. The monoisotopic (exact) mass is 198 g/mol. The smallest absolute Gasteiger partial charge is 0.459 e. The third-order valence-electron chi connectivity index (χ3n) is 1.35. The molecule has 0 bridgehead atoms. The van der Waals surface area contributed by atoms with Crippen LogP contribution in [0.2, 0.25) is 0 Å². The molecule has 5 heteroatoms. The van der Waals surface area contributed by atoms with E-state index in [1.54, 1.807) is 7.05 Å². The Bertz CT molecular complexity index is 146. The number of hydrogen-bond acceptors (Lipinski definition) is 3. The maximum absolute atomic E-state index is 10.8. The maximum Gasteiger partial charge on any atom is 1.00 e. The second-order valence-electron chi connectivity index (χ2n) is 3.76. The standard InChI is InChI=1S/C8H19N2O2.Na/c1-9-7-8(11)12-6-5-10(2,3)4;/h9H,5-7H2,1-4H3;/q2*+1. The van der Waals surface area contributed by atoms with E-state index in [2.05, 4.69) is 26.5 Å². The average Bonchev–Trinajstić information content (AvgIpc) is 1.84. The summed E-state index contributed by atoms with van der Waals surface area (Å²) in [7, 11) is 7.91. The van der Waals surface area contributed by atoms with Crippen LogP contribution in [0, 0.1) is 0 Å². The number of carbonyl (C=O) groups is 1. The zero-order valence-corrected chi connectivity index (χ0v) is 11.4. The minimum absolute atomic E-state index is 0. The molecule has 0 aromatic heterocycles. The molecule has 0 aliphatic heterocycles. The van der Waals surface area contributed by atoms with Gasteiger partial charge in [-0.2, -0.15) is 0 Å². The van der Waals surface area contributed by atoms with Gasteiger partial charge in [0.15, 0.2) is 0 Å². The van der Waals surface area contributed by atoms with E-state index in [0.29, 0.717) is 6.61 Å². The quantitative estimate of drug-likeness (QED) is 0.282. The van der Waals surface area contributed by atoms with Crippen LogP contribution in [0.5, 0.6) is 0 Å². The van der Waals surface area contributed by atoms with Gasteiger partial charge < -0.3 is 14.5 Å². The molecule has 0 aromatic rings. The molecule has 72 valence electrons. The molecule has 4 nitrogen and oxygen atoms in total. The van der Waals surface area contributed by atoms with E-state index >= 15 is 0 Å². The van der Waals surface area contributed by atoms with Crippen LogP contribution in [-0.4, -0.2) is 58.3 Å². The van der Waals surface area contributed by atoms with E-state index < -0.39 is 0 Å². The molecule has 0 saturated carbocycles. The van der Waals surface area contributed by atoms with Crippen molar-refractivity contribution in [3.05, 3.63) is 0 Å². The van der Waals surface area contributed by atoms with Gasteiger partial charge in [-0.25, -0.2) is 0 Å². The first kappa shape index (κ1) is 15.8. The van der Waals surface area contributed by atoms with Gasteiger partial charge in [0.1, 0.15) is 13.2 Å². The van der Waals surface area contributed by atoms with Gasteiger partial charge in [0, 0.05) is 0 Å². The average molecular weight is 198 g/mol. The summed E-state index contributed by atoms with van der Waals surface area (Å²) in [6.45, 7) is 1.62. The Hall–Kier alpha value is 0.390. The second-order valence-corrected chi connectivity index (χ2v) is 3.76. The topological polar surface area (TPSA) is 38.3 Å². The first-order valence-corrected chi connectivity index (χ1v) is 4.06. The molecule has 0 aromatic carbocycles. The van der Waals surface area contributed by atoms with Gasteiger partial charge in [-0.15, -0.1) is 0 Å². The summed E-state index contributed by atoms with van der Waals surface area (Å²) in [5, 5.41) is 2.74. The minimum atomic E-state index is -0.189. The van der Waals surface area contributed by atoms with Crippen LogP contribution in [0.15, 0.2) is 0 Å². The summed E-state index contributed by atoms with van der Waals surface area (Å²) >= 11 is 0. The van der Waals surface area contributed by atoms with Crippen LogP contribution < -0.4 is 34.9 Å². The van der Waals surface area contributed by atoms with Gasteiger partial charge in [0.05, 0.1) is 27.7 Å². The number of carbonyl (C=O) groups excluding carboxylic acids is 1. The van der Waals surface area contributed by atoms with Crippen LogP contribution in [0.3, 0.4) is 0 Å². The van der Waals surface area contributed by atoms with E-state index in [1.165, 1.54) is 0 Å². The molecule has 0 saturated heterocycles.